The number of carbonyl (C=O) groups excluding carboxylic acids is 3. The van der Waals surface area contributed by atoms with E-state index in [4.69, 9.17) is 14.2 Å². The van der Waals surface area contributed by atoms with E-state index < -0.39 is 28.9 Å². The van der Waals surface area contributed by atoms with Crippen molar-refractivity contribution in [3.63, 3.8) is 0 Å². The van der Waals surface area contributed by atoms with Crippen molar-refractivity contribution in [3.8, 4) is 11.5 Å². The number of methoxy groups -OCH3 is 1. The lowest BCUT2D eigenvalue weighted by Crippen LogP contribution is -2.55. The first-order valence-corrected chi connectivity index (χ1v) is 16.6. The Labute approximate surface area is 272 Å². The maximum atomic E-state index is 14.1. The molecule has 5 rings (SSSR count). The van der Waals surface area contributed by atoms with E-state index in [0.29, 0.717) is 26.1 Å². The van der Waals surface area contributed by atoms with Crippen LogP contribution in [0.2, 0.25) is 0 Å². The van der Waals surface area contributed by atoms with Gasteiger partial charge in [0, 0.05) is 56.4 Å². The summed E-state index contributed by atoms with van der Waals surface area (Å²) in [4.78, 5) is 44.4. The highest BCUT2D eigenvalue weighted by molar-refractivity contribution is 5.84. The lowest BCUT2D eigenvalue weighted by molar-refractivity contribution is -0.141. The third kappa shape index (κ3) is 7.33. The van der Waals surface area contributed by atoms with Crippen molar-refractivity contribution in [1.82, 2.24) is 15.1 Å². The number of hydrogen-bond acceptors (Lipinski definition) is 7. The number of rotatable bonds is 10. The summed E-state index contributed by atoms with van der Waals surface area (Å²) < 4.78 is 17.3. The van der Waals surface area contributed by atoms with E-state index in [-0.39, 0.29) is 37.6 Å². The summed E-state index contributed by atoms with van der Waals surface area (Å²) >= 11 is 0. The van der Waals surface area contributed by atoms with Gasteiger partial charge in [-0.3, -0.25) is 9.59 Å². The number of benzene rings is 2. The van der Waals surface area contributed by atoms with Crippen molar-refractivity contribution < 1.29 is 33.7 Å². The average molecular weight is 636 g/mol. The standard InChI is InChI=1S/C36H49N3O7/c1-35(2,3)46-34(43)38-21-25(20-26(22-38)33(42)39-18-11-12-27(39)23-40)32(41)37-24-36(17-9-10-19-44-4)28-13-5-7-15-30(28)45-31-16-8-6-14-29(31)36/h5-8,13-16,25-27,40H,9-12,17-24H2,1-4H3,(H,37,41)/t25-,26+,27+/m0/s1. The van der Waals surface area contributed by atoms with Crippen LogP contribution >= 0.6 is 0 Å². The molecule has 10 heteroatoms. The molecule has 2 N–H and O–H groups in total. The maximum Gasteiger partial charge on any atom is 0.410 e. The fourth-order valence-corrected chi connectivity index (χ4v) is 7.26. The van der Waals surface area contributed by atoms with E-state index in [1.54, 1.807) is 32.8 Å². The number of likely N-dealkylation sites (tertiary alicyclic amines) is 2. The van der Waals surface area contributed by atoms with E-state index in [0.717, 1.165) is 54.7 Å². The minimum atomic E-state index is -0.720. The number of ether oxygens (including phenoxy) is 3. The highest BCUT2D eigenvalue weighted by atomic mass is 16.6. The fraction of sp³-hybridized carbons (Fsp3) is 0.583. The van der Waals surface area contributed by atoms with Crippen molar-refractivity contribution >= 4 is 17.9 Å². The van der Waals surface area contributed by atoms with Gasteiger partial charge in [0.15, 0.2) is 0 Å². The van der Waals surface area contributed by atoms with E-state index >= 15 is 0 Å². The lowest BCUT2D eigenvalue weighted by Gasteiger charge is -2.42. The molecule has 3 aliphatic heterocycles. The normalized spacial score (nSPS) is 22.0. The second-order valence-corrected chi connectivity index (χ2v) is 13.9. The SMILES string of the molecule is COCCCCC1(CNC(=O)[C@H]2C[C@@H](C(=O)N3CCC[C@@H]3CO)CN(C(=O)OC(C)(C)C)C2)c2ccccc2Oc2ccccc21. The van der Waals surface area contributed by atoms with Crippen LogP contribution in [0.4, 0.5) is 4.79 Å². The molecule has 0 spiro atoms. The van der Waals surface area contributed by atoms with Gasteiger partial charge in [-0.25, -0.2) is 4.79 Å². The van der Waals surface area contributed by atoms with Gasteiger partial charge in [-0.15, -0.1) is 0 Å². The van der Waals surface area contributed by atoms with Gasteiger partial charge in [-0.05, 0) is 71.4 Å². The summed E-state index contributed by atoms with van der Waals surface area (Å²) in [5.41, 5.74) is 0.764. The second-order valence-electron chi connectivity index (χ2n) is 13.9. The van der Waals surface area contributed by atoms with Crippen LogP contribution < -0.4 is 10.1 Å². The molecule has 250 valence electrons. The van der Waals surface area contributed by atoms with Crippen LogP contribution in [0.1, 0.15) is 70.4 Å². The molecule has 3 aliphatic rings. The number of aliphatic hydroxyl groups is 1. The summed E-state index contributed by atoms with van der Waals surface area (Å²) in [6.07, 6.45) is 3.86. The van der Waals surface area contributed by atoms with Gasteiger partial charge < -0.3 is 34.4 Å². The van der Waals surface area contributed by atoms with Gasteiger partial charge in [0.2, 0.25) is 11.8 Å². The zero-order chi connectivity index (χ0) is 32.9. The summed E-state index contributed by atoms with van der Waals surface area (Å²) in [7, 11) is 1.70. The molecule has 0 aliphatic carbocycles. The minimum absolute atomic E-state index is 0.0999. The maximum absolute atomic E-state index is 14.1. The zero-order valence-electron chi connectivity index (χ0n) is 27.6. The number of nitrogens with zero attached hydrogens (tertiary/aromatic N) is 2. The Kier molecular flexibility index (Phi) is 10.6. The first-order valence-electron chi connectivity index (χ1n) is 16.6. The first-order chi connectivity index (χ1) is 22.1. The van der Waals surface area contributed by atoms with Crippen molar-refractivity contribution in [2.75, 3.05) is 46.5 Å². The number of para-hydroxylation sites is 2. The quantitative estimate of drug-likeness (QED) is 0.358. The number of piperidine rings is 1. The highest BCUT2D eigenvalue weighted by Gasteiger charge is 2.45. The highest BCUT2D eigenvalue weighted by Crippen LogP contribution is 2.50. The Bertz CT molecular complexity index is 1340. The largest absolute Gasteiger partial charge is 0.457 e. The van der Waals surface area contributed by atoms with Crippen LogP contribution in [0.25, 0.3) is 0 Å². The third-order valence-electron chi connectivity index (χ3n) is 9.48. The number of amides is 3. The van der Waals surface area contributed by atoms with Gasteiger partial charge in [0.1, 0.15) is 17.1 Å². The summed E-state index contributed by atoms with van der Waals surface area (Å²) in [6.45, 7) is 7.17. The van der Waals surface area contributed by atoms with Gasteiger partial charge in [-0.1, -0.05) is 36.4 Å². The second kappa shape index (κ2) is 14.4. The number of unbranched alkanes of at least 4 members (excludes halogenated alkanes) is 1. The average Bonchev–Trinajstić information content (AvgIpc) is 3.53. The van der Waals surface area contributed by atoms with Crippen molar-refractivity contribution in [1.29, 1.82) is 0 Å². The molecule has 2 aromatic rings. The van der Waals surface area contributed by atoms with Gasteiger partial charge >= 0.3 is 6.09 Å². The molecule has 2 saturated heterocycles. The molecular weight excluding hydrogens is 586 g/mol. The molecular formula is C36H49N3O7. The van der Waals surface area contributed by atoms with E-state index in [1.807, 2.05) is 36.4 Å². The zero-order valence-corrected chi connectivity index (χ0v) is 27.6. The van der Waals surface area contributed by atoms with Crippen LogP contribution in [-0.2, 0) is 24.5 Å². The van der Waals surface area contributed by atoms with Crippen LogP contribution in [0, 0.1) is 11.8 Å². The summed E-state index contributed by atoms with van der Waals surface area (Å²) in [6, 6.07) is 15.7. The fourth-order valence-electron chi connectivity index (χ4n) is 7.26. The Morgan fingerprint density at radius 3 is 2.28 bits per heavy atom. The summed E-state index contributed by atoms with van der Waals surface area (Å²) in [5.74, 6) is 0.0303. The molecule has 10 nitrogen and oxygen atoms in total. The van der Waals surface area contributed by atoms with Gasteiger partial charge in [0.05, 0.1) is 24.5 Å². The third-order valence-corrected chi connectivity index (χ3v) is 9.48. The Hall–Kier alpha value is -3.63. The topological polar surface area (TPSA) is 118 Å². The van der Waals surface area contributed by atoms with Crippen LogP contribution in [0.5, 0.6) is 11.5 Å². The molecule has 46 heavy (non-hydrogen) atoms. The number of carbonyl (C=O) groups is 3. The molecule has 2 fully saturated rings. The van der Waals surface area contributed by atoms with Gasteiger partial charge in [0.25, 0.3) is 0 Å². The van der Waals surface area contributed by atoms with E-state index in [2.05, 4.69) is 17.4 Å². The predicted molar refractivity (Wildman–Crippen MR) is 174 cm³/mol. The molecule has 3 heterocycles. The van der Waals surface area contributed by atoms with Crippen molar-refractivity contribution in [3.05, 3.63) is 59.7 Å². The molecule has 0 bridgehead atoms. The van der Waals surface area contributed by atoms with Crippen molar-refractivity contribution in [2.24, 2.45) is 11.8 Å². The van der Waals surface area contributed by atoms with Crippen LogP contribution in [0.15, 0.2) is 48.5 Å². The molecule has 0 saturated carbocycles. The molecule has 2 aromatic carbocycles. The van der Waals surface area contributed by atoms with E-state index in [9.17, 15) is 19.5 Å². The Morgan fingerprint density at radius 1 is 1.00 bits per heavy atom. The molecule has 3 atom stereocenters. The lowest BCUT2D eigenvalue weighted by atomic mass is 9.69. The first kappa shape index (κ1) is 33.7. The molecule has 0 unspecified atom stereocenters. The summed E-state index contributed by atoms with van der Waals surface area (Å²) in [5, 5.41) is 13.2. The predicted octanol–water partition coefficient (Wildman–Crippen LogP) is 4.87. The van der Waals surface area contributed by atoms with Gasteiger partial charge in [-0.2, -0.15) is 0 Å². The number of nitrogens with one attached hydrogen (secondary N) is 1. The number of aliphatic hydroxyl groups excluding tert-OH is 1. The van der Waals surface area contributed by atoms with Crippen LogP contribution in [0.3, 0.4) is 0 Å². The Balaban J connectivity index is 1.41. The number of hydrogen-bond donors (Lipinski definition) is 2. The molecule has 0 radical (unpaired) electrons. The molecule has 3 amide bonds. The number of fused-ring (bicyclic) bond motifs is 2. The molecule has 0 aromatic heterocycles. The van der Waals surface area contributed by atoms with Crippen LogP contribution in [-0.4, -0.2) is 91.0 Å². The monoisotopic (exact) mass is 635 g/mol. The minimum Gasteiger partial charge on any atom is -0.457 e. The smallest absolute Gasteiger partial charge is 0.410 e. The Morgan fingerprint density at radius 2 is 1.65 bits per heavy atom. The van der Waals surface area contributed by atoms with Crippen molar-refractivity contribution in [2.45, 2.75) is 76.4 Å². The van der Waals surface area contributed by atoms with E-state index in [1.165, 1.54) is 4.90 Å².